The summed E-state index contributed by atoms with van der Waals surface area (Å²) in [6, 6.07) is 3.84. The van der Waals surface area contributed by atoms with Crippen molar-refractivity contribution in [1.29, 1.82) is 0 Å². The average molecular weight is 376 g/mol. The largest absolute Gasteiger partial charge is 0.416 e. The van der Waals surface area contributed by atoms with Crippen molar-refractivity contribution in [3.8, 4) is 0 Å². The first-order valence-electron chi connectivity index (χ1n) is 8.73. The summed E-state index contributed by atoms with van der Waals surface area (Å²) in [4.78, 5) is 24.1. The van der Waals surface area contributed by atoms with Crippen LogP contribution in [0.25, 0.3) is 0 Å². The summed E-state index contributed by atoms with van der Waals surface area (Å²) in [5.74, 6) is 0.536. The Kier molecular flexibility index (Phi) is 3.90. The van der Waals surface area contributed by atoms with E-state index in [-0.39, 0.29) is 5.91 Å². The number of hydrogen-bond donors (Lipinski definition) is 0. The number of carbonyl (C=O) groups excluding carboxylic acids is 1. The minimum atomic E-state index is -4.41. The highest BCUT2D eigenvalue weighted by molar-refractivity contribution is 5.76. The first-order valence-corrected chi connectivity index (χ1v) is 8.73. The Labute approximate surface area is 154 Å². The van der Waals surface area contributed by atoms with Crippen molar-refractivity contribution in [2.24, 2.45) is 0 Å². The van der Waals surface area contributed by atoms with E-state index in [4.69, 9.17) is 0 Å². The van der Waals surface area contributed by atoms with Gasteiger partial charge < -0.3 is 9.80 Å². The maximum atomic E-state index is 13.3. The molecule has 2 aliphatic rings. The zero-order valence-electron chi connectivity index (χ0n) is 15.0. The molecule has 0 saturated carbocycles. The summed E-state index contributed by atoms with van der Waals surface area (Å²) in [7, 11) is 0. The van der Waals surface area contributed by atoms with Gasteiger partial charge in [0.15, 0.2) is 5.82 Å². The fourth-order valence-corrected chi connectivity index (χ4v) is 4.07. The smallest absolute Gasteiger partial charge is 0.342 e. The van der Waals surface area contributed by atoms with Crippen molar-refractivity contribution in [3.63, 3.8) is 0 Å². The Hall–Kier alpha value is -2.64. The Balaban J connectivity index is 1.82. The number of amides is 1. The number of rotatable bonds is 1. The van der Waals surface area contributed by atoms with Crippen LogP contribution in [0.5, 0.6) is 0 Å². The molecule has 8 heteroatoms. The molecule has 5 nitrogen and oxygen atoms in total. The summed E-state index contributed by atoms with van der Waals surface area (Å²) in [6.07, 6.45) is -0.517. The van der Waals surface area contributed by atoms with E-state index in [1.807, 2.05) is 11.8 Å². The molecule has 0 bridgehead atoms. The molecule has 4 rings (SSSR count). The number of likely N-dealkylation sites (tertiary alicyclic amines) is 1. The van der Waals surface area contributed by atoms with E-state index in [1.165, 1.54) is 19.1 Å². The Morgan fingerprint density at radius 1 is 1.19 bits per heavy atom. The molecule has 3 heterocycles. The highest BCUT2D eigenvalue weighted by Crippen LogP contribution is 2.50. The van der Waals surface area contributed by atoms with E-state index >= 15 is 0 Å². The number of aromatic nitrogens is 2. The van der Waals surface area contributed by atoms with Crippen molar-refractivity contribution in [3.05, 3.63) is 47.4 Å². The summed E-state index contributed by atoms with van der Waals surface area (Å²) < 4.78 is 39.9. The number of benzene rings is 1. The third-order valence-corrected chi connectivity index (χ3v) is 5.49. The summed E-state index contributed by atoms with van der Waals surface area (Å²) in [5.41, 5.74) is 0.895. The van der Waals surface area contributed by atoms with Crippen LogP contribution in [0, 0.1) is 6.92 Å². The molecule has 2 aliphatic heterocycles. The predicted molar refractivity (Wildman–Crippen MR) is 93.8 cm³/mol. The van der Waals surface area contributed by atoms with Crippen LogP contribution in [0.4, 0.5) is 24.7 Å². The molecule has 1 aromatic heterocycles. The first kappa shape index (κ1) is 17.8. The first-order chi connectivity index (χ1) is 12.7. The summed E-state index contributed by atoms with van der Waals surface area (Å²) in [6.45, 7) is 4.74. The lowest BCUT2D eigenvalue weighted by Gasteiger charge is -2.26. The zero-order valence-corrected chi connectivity index (χ0v) is 15.0. The topological polar surface area (TPSA) is 49.3 Å². The molecule has 27 heavy (non-hydrogen) atoms. The van der Waals surface area contributed by atoms with E-state index < -0.39 is 17.2 Å². The molecule has 0 N–H and O–H groups in total. The van der Waals surface area contributed by atoms with Crippen LogP contribution in [0.3, 0.4) is 0 Å². The van der Waals surface area contributed by atoms with E-state index in [9.17, 15) is 18.0 Å². The van der Waals surface area contributed by atoms with E-state index in [2.05, 4.69) is 9.97 Å². The molecule has 1 unspecified atom stereocenters. The summed E-state index contributed by atoms with van der Waals surface area (Å²) >= 11 is 0. The van der Waals surface area contributed by atoms with E-state index in [0.29, 0.717) is 43.1 Å². The molecule has 1 fully saturated rings. The minimum absolute atomic E-state index is 0.0611. The zero-order chi connectivity index (χ0) is 19.4. The van der Waals surface area contributed by atoms with Gasteiger partial charge >= 0.3 is 6.18 Å². The van der Waals surface area contributed by atoms with Crippen LogP contribution in [-0.4, -0.2) is 40.4 Å². The van der Waals surface area contributed by atoms with Crippen LogP contribution >= 0.6 is 0 Å². The van der Waals surface area contributed by atoms with Gasteiger partial charge in [-0.25, -0.2) is 4.98 Å². The van der Waals surface area contributed by atoms with Gasteiger partial charge in [0.05, 0.1) is 23.7 Å². The van der Waals surface area contributed by atoms with Crippen molar-refractivity contribution in [2.45, 2.75) is 31.9 Å². The monoisotopic (exact) mass is 376 g/mol. The van der Waals surface area contributed by atoms with E-state index in [0.717, 1.165) is 11.8 Å². The van der Waals surface area contributed by atoms with Gasteiger partial charge in [-0.3, -0.25) is 9.78 Å². The molecule has 1 saturated heterocycles. The van der Waals surface area contributed by atoms with Crippen LogP contribution < -0.4 is 4.90 Å². The highest BCUT2D eigenvalue weighted by atomic mass is 19.4. The lowest BCUT2D eigenvalue weighted by Crippen LogP contribution is -2.36. The lowest BCUT2D eigenvalue weighted by atomic mass is 9.81. The SMILES string of the molecule is CC(=O)N1CCC2(C1)CN(c1cnc(C)cn1)c1ccc(C(F)(F)F)cc12. The van der Waals surface area contributed by atoms with Gasteiger partial charge in [0.1, 0.15) is 0 Å². The molecular formula is C19H19F3N4O. The van der Waals surface area contributed by atoms with Gasteiger partial charge in [-0.05, 0) is 37.1 Å². The highest BCUT2D eigenvalue weighted by Gasteiger charge is 2.49. The number of carbonyl (C=O) groups is 1. The lowest BCUT2D eigenvalue weighted by molar-refractivity contribution is -0.137. The Morgan fingerprint density at radius 3 is 2.56 bits per heavy atom. The van der Waals surface area contributed by atoms with Gasteiger partial charge in [0, 0.05) is 37.7 Å². The molecule has 2 aromatic rings. The van der Waals surface area contributed by atoms with Gasteiger partial charge in [0.25, 0.3) is 0 Å². The van der Waals surface area contributed by atoms with Crippen LogP contribution in [-0.2, 0) is 16.4 Å². The van der Waals surface area contributed by atoms with Crippen LogP contribution in [0.2, 0.25) is 0 Å². The van der Waals surface area contributed by atoms with E-state index in [1.54, 1.807) is 17.3 Å². The number of fused-ring (bicyclic) bond motifs is 2. The van der Waals surface area contributed by atoms with Gasteiger partial charge in [-0.1, -0.05) is 0 Å². The van der Waals surface area contributed by atoms with Gasteiger partial charge in [0.2, 0.25) is 5.91 Å². The number of hydrogen-bond acceptors (Lipinski definition) is 4. The molecule has 1 atom stereocenters. The quantitative estimate of drug-likeness (QED) is 0.765. The molecule has 1 aromatic carbocycles. The number of aryl methyl sites for hydroxylation is 1. The van der Waals surface area contributed by atoms with Crippen molar-refractivity contribution < 1.29 is 18.0 Å². The van der Waals surface area contributed by atoms with Gasteiger partial charge in [-0.15, -0.1) is 0 Å². The fraction of sp³-hybridized carbons (Fsp3) is 0.421. The maximum Gasteiger partial charge on any atom is 0.416 e. The molecule has 0 radical (unpaired) electrons. The molecule has 1 amide bonds. The molecular weight excluding hydrogens is 357 g/mol. The number of nitrogens with zero attached hydrogens (tertiary/aromatic N) is 4. The standard InChI is InChI=1S/C19H19F3N4O/c1-12-8-24-17(9-23-12)26-11-18(5-6-25(10-18)13(2)27)15-7-14(19(20,21)22)3-4-16(15)26/h3-4,7-9H,5-6,10-11H2,1-2H3. The molecule has 1 spiro atoms. The fourth-order valence-electron chi connectivity index (χ4n) is 4.07. The Bertz CT molecular complexity index is 897. The van der Waals surface area contributed by atoms with Crippen molar-refractivity contribution in [2.75, 3.05) is 24.5 Å². The second-order valence-corrected chi connectivity index (χ2v) is 7.30. The number of anilines is 2. The van der Waals surface area contributed by atoms with Crippen molar-refractivity contribution >= 4 is 17.4 Å². The van der Waals surface area contributed by atoms with Crippen molar-refractivity contribution in [1.82, 2.24) is 14.9 Å². The summed E-state index contributed by atoms with van der Waals surface area (Å²) in [5, 5.41) is 0. The second-order valence-electron chi connectivity index (χ2n) is 7.30. The number of halogens is 3. The third kappa shape index (κ3) is 2.93. The van der Waals surface area contributed by atoms with Crippen LogP contribution in [0.15, 0.2) is 30.6 Å². The maximum absolute atomic E-state index is 13.3. The Morgan fingerprint density at radius 2 is 1.96 bits per heavy atom. The minimum Gasteiger partial charge on any atom is -0.342 e. The molecule has 142 valence electrons. The number of alkyl halides is 3. The second kappa shape index (κ2) is 5.94. The van der Waals surface area contributed by atoms with Gasteiger partial charge in [-0.2, -0.15) is 13.2 Å². The third-order valence-electron chi connectivity index (χ3n) is 5.49. The molecule has 0 aliphatic carbocycles. The normalized spacial score (nSPS) is 21.8. The van der Waals surface area contributed by atoms with Crippen LogP contribution in [0.1, 0.15) is 30.2 Å². The average Bonchev–Trinajstić information content (AvgIpc) is 3.18. The predicted octanol–water partition coefficient (Wildman–Crippen LogP) is 3.45.